The highest BCUT2D eigenvalue weighted by molar-refractivity contribution is 6.30. The van der Waals surface area contributed by atoms with Gasteiger partial charge < -0.3 is 18.9 Å². The molecule has 0 spiro atoms. The minimum absolute atomic E-state index is 0.110. The van der Waals surface area contributed by atoms with E-state index in [0.717, 1.165) is 24.0 Å². The molecule has 0 atom stereocenters. The number of nitrogens with zero attached hydrogens (tertiary/aromatic N) is 3. The molecule has 0 bridgehead atoms. The molecule has 0 unspecified atom stereocenters. The average molecular weight is 383 g/mol. The molecule has 1 N–H and O–H groups in total. The van der Waals surface area contributed by atoms with Crippen LogP contribution >= 0.6 is 11.6 Å². The number of carbonyl (C=O) groups excluding carboxylic acids is 1. The van der Waals surface area contributed by atoms with Crippen LogP contribution in [0, 0.1) is 0 Å². The molecule has 0 fully saturated rings. The van der Waals surface area contributed by atoms with Gasteiger partial charge in [0.25, 0.3) is 5.91 Å². The number of benzene rings is 1. The number of furan rings is 1. The average Bonchev–Trinajstić information content (AvgIpc) is 3.39. The van der Waals surface area contributed by atoms with Gasteiger partial charge in [-0.2, -0.15) is 0 Å². The third kappa shape index (κ3) is 3.90. The highest BCUT2D eigenvalue weighted by Gasteiger charge is 2.17. The van der Waals surface area contributed by atoms with Crippen molar-refractivity contribution in [3.63, 3.8) is 0 Å². The van der Waals surface area contributed by atoms with Crippen LogP contribution in [0.5, 0.6) is 0 Å². The molecule has 27 heavy (non-hydrogen) atoms. The van der Waals surface area contributed by atoms with E-state index in [2.05, 4.69) is 10.3 Å². The highest BCUT2D eigenvalue weighted by atomic mass is 35.5. The Morgan fingerprint density at radius 2 is 2.07 bits per heavy atom. The molecule has 4 rings (SSSR count). The number of halogens is 1. The Hall–Kier alpha value is -2.99. The van der Waals surface area contributed by atoms with E-state index in [1.165, 1.54) is 0 Å². The van der Waals surface area contributed by atoms with Gasteiger partial charge in [0.05, 0.1) is 18.1 Å². The van der Waals surface area contributed by atoms with E-state index in [9.17, 15) is 4.79 Å². The largest absolute Gasteiger partial charge is 0.463 e. The Bertz CT molecular complexity index is 1030. The molecule has 1 amide bonds. The second-order valence-corrected chi connectivity index (χ2v) is 6.76. The van der Waals surface area contributed by atoms with Crippen LogP contribution in [-0.2, 0) is 13.1 Å². The van der Waals surface area contributed by atoms with Crippen molar-refractivity contribution in [1.82, 2.24) is 19.4 Å². The lowest BCUT2D eigenvalue weighted by Gasteiger charge is -2.11. The van der Waals surface area contributed by atoms with Gasteiger partial charge in [0.15, 0.2) is 5.58 Å². The third-order valence-electron chi connectivity index (χ3n) is 4.45. The number of fused-ring (bicyclic) bond motifs is 1. The molecule has 6 nitrogen and oxygen atoms in total. The van der Waals surface area contributed by atoms with Crippen LogP contribution in [0.3, 0.4) is 0 Å². The van der Waals surface area contributed by atoms with E-state index < -0.39 is 0 Å². The van der Waals surface area contributed by atoms with E-state index in [1.54, 1.807) is 24.9 Å². The zero-order chi connectivity index (χ0) is 18.6. The summed E-state index contributed by atoms with van der Waals surface area (Å²) in [6, 6.07) is 11.3. The Morgan fingerprint density at radius 1 is 1.22 bits per heavy atom. The third-order valence-corrected chi connectivity index (χ3v) is 4.70. The number of hydrogen-bond donors (Lipinski definition) is 1. The summed E-state index contributed by atoms with van der Waals surface area (Å²) in [5.74, 6) is -0.110. The number of aryl methyl sites for hydroxylation is 1. The van der Waals surface area contributed by atoms with Gasteiger partial charge in [-0.05, 0) is 24.1 Å². The smallest absolute Gasteiger partial charge is 0.268 e. The predicted octanol–water partition coefficient (Wildman–Crippen LogP) is 3.95. The molecular formula is C20H19ClN4O2. The van der Waals surface area contributed by atoms with Gasteiger partial charge in [-0.3, -0.25) is 4.79 Å². The molecule has 138 valence electrons. The molecule has 0 aliphatic heterocycles. The fourth-order valence-electron chi connectivity index (χ4n) is 3.08. The fraction of sp³-hybridized carbons (Fsp3) is 0.200. The number of aromatic nitrogens is 3. The normalized spacial score (nSPS) is 11.1. The van der Waals surface area contributed by atoms with Crippen molar-refractivity contribution >= 4 is 28.6 Å². The van der Waals surface area contributed by atoms with Crippen molar-refractivity contribution in [2.24, 2.45) is 0 Å². The Morgan fingerprint density at radius 3 is 2.85 bits per heavy atom. The molecule has 0 aliphatic rings. The predicted molar refractivity (Wildman–Crippen MR) is 104 cm³/mol. The van der Waals surface area contributed by atoms with Gasteiger partial charge in [-0.15, -0.1) is 0 Å². The van der Waals surface area contributed by atoms with Crippen molar-refractivity contribution < 1.29 is 9.21 Å². The van der Waals surface area contributed by atoms with Crippen LogP contribution in [-0.4, -0.2) is 26.6 Å². The van der Waals surface area contributed by atoms with Crippen LogP contribution in [0.4, 0.5) is 0 Å². The molecular weight excluding hydrogens is 364 g/mol. The number of imidazole rings is 1. The highest BCUT2D eigenvalue weighted by Crippen LogP contribution is 2.23. The molecule has 0 saturated carbocycles. The summed E-state index contributed by atoms with van der Waals surface area (Å²) in [6.45, 7) is 1.97. The SMILES string of the molecule is O=C(NCCCn1ccnc1)c1cc2occc2n1Cc1ccc(Cl)cc1. The van der Waals surface area contributed by atoms with Crippen molar-refractivity contribution in [3.8, 4) is 0 Å². The minimum Gasteiger partial charge on any atom is -0.463 e. The monoisotopic (exact) mass is 382 g/mol. The summed E-state index contributed by atoms with van der Waals surface area (Å²) >= 11 is 5.97. The first-order valence-corrected chi connectivity index (χ1v) is 9.13. The second-order valence-electron chi connectivity index (χ2n) is 6.32. The molecule has 0 radical (unpaired) electrons. The number of hydrogen-bond acceptors (Lipinski definition) is 3. The van der Waals surface area contributed by atoms with Crippen molar-refractivity contribution in [2.45, 2.75) is 19.5 Å². The van der Waals surface area contributed by atoms with E-state index >= 15 is 0 Å². The molecule has 0 aliphatic carbocycles. The lowest BCUT2D eigenvalue weighted by atomic mass is 10.2. The van der Waals surface area contributed by atoms with Crippen LogP contribution in [0.15, 0.2) is 65.8 Å². The Kier molecular flexibility index (Phi) is 4.98. The lowest BCUT2D eigenvalue weighted by Crippen LogP contribution is -2.27. The molecule has 7 heteroatoms. The van der Waals surface area contributed by atoms with Gasteiger partial charge in [-0.1, -0.05) is 23.7 Å². The maximum Gasteiger partial charge on any atom is 0.268 e. The van der Waals surface area contributed by atoms with E-state index in [1.807, 2.05) is 45.7 Å². The van der Waals surface area contributed by atoms with Crippen LogP contribution < -0.4 is 5.32 Å². The van der Waals surface area contributed by atoms with E-state index in [0.29, 0.717) is 29.4 Å². The fourth-order valence-corrected chi connectivity index (χ4v) is 3.21. The van der Waals surface area contributed by atoms with Crippen LogP contribution in [0.25, 0.3) is 11.1 Å². The quantitative estimate of drug-likeness (QED) is 0.492. The first-order chi connectivity index (χ1) is 13.2. The summed E-state index contributed by atoms with van der Waals surface area (Å²) < 4.78 is 9.44. The second kappa shape index (κ2) is 7.72. The van der Waals surface area contributed by atoms with Gasteiger partial charge in [0, 0.05) is 49.2 Å². The molecule has 0 saturated heterocycles. The summed E-state index contributed by atoms with van der Waals surface area (Å²) in [5.41, 5.74) is 3.25. The maximum atomic E-state index is 12.7. The zero-order valence-corrected chi connectivity index (χ0v) is 15.4. The standard InChI is InChI=1S/C20H19ClN4O2/c21-16-4-2-15(3-5-16)13-25-17-6-11-27-19(17)12-18(25)20(26)23-7-1-9-24-10-8-22-14-24/h2-6,8,10-12,14H,1,7,9,13H2,(H,23,26). The molecule has 1 aromatic carbocycles. The summed E-state index contributed by atoms with van der Waals surface area (Å²) in [6.07, 6.45) is 7.89. The first-order valence-electron chi connectivity index (χ1n) is 8.76. The number of carbonyl (C=O) groups is 1. The summed E-state index contributed by atoms with van der Waals surface area (Å²) in [4.78, 5) is 16.7. The number of amides is 1. The minimum atomic E-state index is -0.110. The summed E-state index contributed by atoms with van der Waals surface area (Å²) in [7, 11) is 0. The molecule has 3 aromatic heterocycles. The topological polar surface area (TPSA) is 65.0 Å². The van der Waals surface area contributed by atoms with Crippen LogP contribution in [0.2, 0.25) is 5.02 Å². The summed E-state index contributed by atoms with van der Waals surface area (Å²) in [5, 5.41) is 3.68. The number of rotatable bonds is 7. The lowest BCUT2D eigenvalue weighted by molar-refractivity contribution is 0.0944. The Labute approximate surface area is 161 Å². The Balaban J connectivity index is 1.47. The molecule has 4 aromatic rings. The van der Waals surface area contributed by atoms with Crippen molar-refractivity contribution in [1.29, 1.82) is 0 Å². The zero-order valence-electron chi connectivity index (χ0n) is 14.6. The first kappa shape index (κ1) is 17.4. The van der Waals surface area contributed by atoms with Crippen molar-refractivity contribution in [2.75, 3.05) is 6.54 Å². The number of nitrogens with one attached hydrogen (secondary N) is 1. The van der Waals surface area contributed by atoms with Gasteiger partial charge in [0.2, 0.25) is 0 Å². The van der Waals surface area contributed by atoms with Gasteiger partial charge in [-0.25, -0.2) is 4.98 Å². The van der Waals surface area contributed by atoms with Crippen molar-refractivity contribution in [3.05, 3.63) is 77.7 Å². The van der Waals surface area contributed by atoms with Crippen LogP contribution in [0.1, 0.15) is 22.5 Å². The van der Waals surface area contributed by atoms with Gasteiger partial charge in [0.1, 0.15) is 5.69 Å². The van der Waals surface area contributed by atoms with Gasteiger partial charge >= 0.3 is 0 Å². The van der Waals surface area contributed by atoms with E-state index in [4.69, 9.17) is 16.0 Å². The van der Waals surface area contributed by atoms with E-state index in [-0.39, 0.29) is 5.91 Å². The molecule has 3 heterocycles. The maximum absolute atomic E-state index is 12.7.